The minimum Gasteiger partial charge on any atom is -0.269 e. The lowest BCUT2D eigenvalue weighted by molar-refractivity contribution is 0.650. The van der Waals surface area contributed by atoms with Crippen molar-refractivity contribution in [2.24, 2.45) is 4.99 Å². The molecule has 0 aromatic rings. The van der Waals surface area contributed by atoms with Gasteiger partial charge in [-0.05, 0) is 32.6 Å². The molecule has 0 aliphatic carbocycles. The molecule has 0 radical (unpaired) electrons. The minimum absolute atomic E-state index is 1.16. The number of allylic oxidation sites excluding steroid dienone is 1. The van der Waals surface area contributed by atoms with Crippen molar-refractivity contribution in [2.75, 3.05) is 0 Å². The van der Waals surface area contributed by atoms with Crippen molar-refractivity contribution in [3.05, 3.63) is 11.8 Å². The van der Waals surface area contributed by atoms with Gasteiger partial charge in [-0.15, -0.1) is 0 Å². The van der Waals surface area contributed by atoms with E-state index in [-0.39, 0.29) is 0 Å². The Balaban J connectivity index is 2.40. The minimum atomic E-state index is 1.16. The van der Waals surface area contributed by atoms with Gasteiger partial charge in [0.05, 0.1) is 0 Å². The van der Waals surface area contributed by atoms with Crippen LogP contribution in [-0.4, -0.2) is 6.21 Å². The van der Waals surface area contributed by atoms with Crippen LogP contribution >= 0.6 is 0 Å². The maximum Gasteiger partial charge on any atom is 0.0253 e. The van der Waals surface area contributed by atoms with Gasteiger partial charge in [0, 0.05) is 12.4 Å². The summed E-state index contributed by atoms with van der Waals surface area (Å²) in [5, 5.41) is 0. The van der Waals surface area contributed by atoms with E-state index in [0.29, 0.717) is 0 Å². The molecule has 1 heterocycles. The van der Waals surface area contributed by atoms with Crippen LogP contribution < -0.4 is 0 Å². The molecule has 1 aliphatic rings. The first kappa shape index (κ1) is 8.51. The van der Waals surface area contributed by atoms with Crippen molar-refractivity contribution < 1.29 is 0 Å². The summed E-state index contributed by atoms with van der Waals surface area (Å²) in [4.78, 5) is 4.23. The first-order valence-corrected chi connectivity index (χ1v) is 4.57. The number of aliphatic imine (C=N–C) groups is 1. The van der Waals surface area contributed by atoms with E-state index in [1.54, 1.807) is 0 Å². The van der Waals surface area contributed by atoms with Crippen molar-refractivity contribution in [1.29, 1.82) is 0 Å². The van der Waals surface area contributed by atoms with Crippen LogP contribution in [0.2, 0.25) is 0 Å². The average molecular weight is 151 g/mol. The second kappa shape index (κ2) is 5.11. The van der Waals surface area contributed by atoms with Crippen molar-refractivity contribution in [1.82, 2.24) is 0 Å². The summed E-state index contributed by atoms with van der Waals surface area (Å²) >= 11 is 0. The molecule has 0 amide bonds. The monoisotopic (exact) mass is 151 g/mol. The lowest BCUT2D eigenvalue weighted by atomic mass is 10.1. The fourth-order valence-corrected chi connectivity index (χ4v) is 1.31. The van der Waals surface area contributed by atoms with Crippen LogP contribution in [0.15, 0.2) is 16.8 Å². The Morgan fingerprint density at radius 2 is 2.00 bits per heavy atom. The summed E-state index contributed by atoms with van der Waals surface area (Å²) < 4.78 is 0. The summed E-state index contributed by atoms with van der Waals surface area (Å²) in [6.07, 6.45) is 11.9. The number of hydrogen-bond donors (Lipinski definition) is 0. The molecule has 0 saturated heterocycles. The van der Waals surface area contributed by atoms with Crippen molar-refractivity contribution in [3.63, 3.8) is 0 Å². The zero-order valence-corrected chi connectivity index (χ0v) is 7.34. The molecular weight excluding hydrogens is 134 g/mol. The van der Waals surface area contributed by atoms with Gasteiger partial charge in [0.15, 0.2) is 0 Å². The van der Waals surface area contributed by atoms with E-state index in [9.17, 15) is 0 Å². The first-order valence-electron chi connectivity index (χ1n) is 4.57. The average Bonchev–Trinajstić information content (AvgIpc) is 2.03. The largest absolute Gasteiger partial charge is 0.269 e. The summed E-state index contributed by atoms with van der Waals surface area (Å²) in [6, 6.07) is 0. The molecule has 1 heteroatoms. The number of nitrogens with zero attached hydrogens (tertiary/aromatic N) is 1. The van der Waals surface area contributed by atoms with Crippen LogP contribution in [0.25, 0.3) is 0 Å². The maximum atomic E-state index is 4.23. The number of hydrogen-bond acceptors (Lipinski definition) is 1. The molecule has 0 spiro atoms. The Labute approximate surface area is 69.2 Å². The maximum absolute atomic E-state index is 4.23. The van der Waals surface area contributed by atoms with Gasteiger partial charge >= 0.3 is 0 Å². The van der Waals surface area contributed by atoms with Crippen LogP contribution in [0, 0.1) is 0 Å². The third kappa shape index (κ3) is 3.97. The van der Waals surface area contributed by atoms with Gasteiger partial charge < -0.3 is 0 Å². The van der Waals surface area contributed by atoms with Gasteiger partial charge in [-0.3, -0.25) is 4.99 Å². The fourth-order valence-electron chi connectivity index (χ4n) is 1.31. The van der Waals surface area contributed by atoms with Crippen LogP contribution in [0.4, 0.5) is 0 Å². The molecule has 1 aliphatic heterocycles. The van der Waals surface area contributed by atoms with Gasteiger partial charge in [0.2, 0.25) is 0 Å². The van der Waals surface area contributed by atoms with Gasteiger partial charge in [0.25, 0.3) is 0 Å². The molecule has 0 bridgehead atoms. The highest BCUT2D eigenvalue weighted by molar-refractivity contribution is 5.58. The Morgan fingerprint density at radius 3 is 2.91 bits per heavy atom. The van der Waals surface area contributed by atoms with Gasteiger partial charge in [-0.25, -0.2) is 0 Å². The molecule has 0 aromatic carbocycles. The molecule has 0 saturated carbocycles. The van der Waals surface area contributed by atoms with E-state index in [1.165, 1.54) is 37.7 Å². The molecule has 11 heavy (non-hydrogen) atoms. The molecule has 0 aromatic heterocycles. The lowest BCUT2D eigenvalue weighted by Crippen LogP contribution is -1.84. The highest BCUT2D eigenvalue weighted by Crippen LogP contribution is 2.11. The van der Waals surface area contributed by atoms with E-state index in [4.69, 9.17) is 0 Å². The number of rotatable bonds is 0. The van der Waals surface area contributed by atoms with E-state index in [0.717, 1.165) is 6.42 Å². The van der Waals surface area contributed by atoms with Crippen molar-refractivity contribution in [3.8, 4) is 0 Å². The molecule has 0 fully saturated rings. The second-order valence-electron chi connectivity index (χ2n) is 3.26. The second-order valence-corrected chi connectivity index (χ2v) is 3.26. The highest BCUT2D eigenvalue weighted by atomic mass is 14.7. The van der Waals surface area contributed by atoms with Crippen LogP contribution in [0.5, 0.6) is 0 Å². The van der Waals surface area contributed by atoms with Crippen molar-refractivity contribution in [2.45, 2.75) is 45.4 Å². The Morgan fingerprint density at radius 1 is 1.18 bits per heavy atom. The third-order valence-electron chi connectivity index (χ3n) is 2.05. The van der Waals surface area contributed by atoms with E-state index >= 15 is 0 Å². The first-order chi connectivity index (χ1) is 5.39. The molecule has 62 valence electrons. The predicted molar refractivity (Wildman–Crippen MR) is 50.0 cm³/mol. The summed E-state index contributed by atoms with van der Waals surface area (Å²) in [5.41, 5.74) is 1.42. The van der Waals surface area contributed by atoms with Gasteiger partial charge in [-0.1, -0.05) is 18.4 Å². The van der Waals surface area contributed by atoms with E-state index in [1.807, 2.05) is 12.4 Å². The Kier molecular flexibility index (Phi) is 3.95. The molecule has 1 rings (SSSR count). The normalized spacial score (nSPS) is 25.7. The summed E-state index contributed by atoms with van der Waals surface area (Å²) in [7, 11) is 0. The quantitative estimate of drug-likeness (QED) is 0.503. The zero-order valence-electron chi connectivity index (χ0n) is 7.34. The van der Waals surface area contributed by atoms with Crippen LogP contribution in [-0.2, 0) is 0 Å². The molecule has 0 atom stereocenters. The molecular formula is C10H17N. The van der Waals surface area contributed by atoms with E-state index < -0.39 is 0 Å². The van der Waals surface area contributed by atoms with Crippen molar-refractivity contribution >= 4 is 6.21 Å². The van der Waals surface area contributed by atoms with Crippen LogP contribution in [0.1, 0.15) is 45.4 Å². The lowest BCUT2D eigenvalue weighted by Gasteiger charge is -2.01. The summed E-state index contributed by atoms with van der Waals surface area (Å²) in [5.74, 6) is 0. The fraction of sp³-hybridized carbons (Fsp3) is 0.700. The zero-order chi connectivity index (χ0) is 7.94. The SMILES string of the molecule is C/C1=C\N=CCCCCCC1. The predicted octanol–water partition coefficient (Wildman–Crippen LogP) is 3.32. The molecule has 0 unspecified atom stereocenters. The van der Waals surface area contributed by atoms with Gasteiger partial charge in [-0.2, -0.15) is 0 Å². The van der Waals surface area contributed by atoms with E-state index in [2.05, 4.69) is 11.9 Å². The molecule has 1 nitrogen and oxygen atoms in total. The smallest absolute Gasteiger partial charge is 0.0253 e. The Bertz CT molecular complexity index is 156. The Hall–Kier alpha value is -0.590. The summed E-state index contributed by atoms with van der Waals surface area (Å²) in [6.45, 7) is 2.17. The van der Waals surface area contributed by atoms with Crippen LogP contribution in [0.3, 0.4) is 0 Å². The highest BCUT2D eigenvalue weighted by Gasteiger charge is 1.93. The van der Waals surface area contributed by atoms with Gasteiger partial charge in [0.1, 0.15) is 0 Å². The third-order valence-corrected chi connectivity index (χ3v) is 2.05. The molecule has 0 N–H and O–H groups in total. The standard InChI is InChI=1S/C10H17N/c1-10-7-5-3-2-4-6-8-11-9-10/h8-9H,2-7H2,1H3/b10-9+,11-8?. The topological polar surface area (TPSA) is 12.4 Å².